The number of anilines is 1. The van der Waals surface area contributed by atoms with Crippen molar-refractivity contribution in [2.24, 2.45) is 0 Å². The molecule has 4 heteroatoms. The highest BCUT2D eigenvalue weighted by atomic mass is 32.1. The summed E-state index contributed by atoms with van der Waals surface area (Å²) in [5.41, 5.74) is 0.618. The van der Waals surface area contributed by atoms with Crippen LogP contribution in [0.4, 0.5) is 5.82 Å². The summed E-state index contributed by atoms with van der Waals surface area (Å²) in [4.78, 5) is 7.04. The first-order valence-electron chi connectivity index (χ1n) is 4.15. The summed E-state index contributed by atoms with van der Waals surface area (Å²) >= 11 is 4.14. The van der Waals surface area contributed by atoms with Crippen LogP contribution in [0.15, 0.2) is 17.2 Å². The van der Waals surface area contributed by atoms with Gasteiger partial charge in [-0.3, -0.25) is 0 Å². The van der Waals surface area contributed by atoms with Gasteiger partial charge in [0.2, 0.25) is 0 Å². The first kappa shape index (κ1) is 8.39. The summed E-state index contributed by atoms with van der Waals surface area (Å²) in [6, 6.07) is 3.89. The monoisotopic (exact) mass is 191 g/mol. The average molecular weight is 191 g/mol. The van der Waals surface area contributed by atoms with Crippen LogP contribution in [0.3, 0.4) is 0 Å². The maximum Gasteiger partial charge on any atom is 0.146 e. The fraction of sp³-hybridized carbons (Fsp3) is 0.333. The molecule has 1 aliphatic rings. The van der Waals surface area contributed by atoms with E-state index in [1.54, 1.807) is 12.3 Å². The average Bonchev–Trinajstić information content (AvgIpc) is 2.05. The van der Waals surface area contributed by atoms with Crippen LogP contribution >= 0.6 is 12.6 Å². The molecule has 1 fully saturated rings. The Bertz CT molecular complexity index is 366. The van der Waals surface area contributed by atoms with Crippen molar-refractivity contribution in [3.63, 3.8) is 0 Å². The SMILES string of the molecule is N#Cc1cc(S)cnc1N1CCC1. The van der Waals surface area contributed by atoms with Crippen LogP contribution in [0, 0.1) is 11.3 Å². The fourth-order valence-corrected chi connectivity index (χ4v) is 1.50. The predicted octanol–water partition coefficient (Wildman–Crippen LogP) is 1.45. The van der Waals surface area contributed by atoms with Gasteiger partial charge in [-0.25, -0.2) is 4.98 Å². The zero-order chi connectivity index (χ0) is 9.26. The van der Waals surface area contributed by atoms with Crippen LogP contribution in [0.1, 0.15) is 12.0 Å². The molecule has 66 valence electrons. The molecular weight excluding hydrogens is 182 g/mol. The molecule has 0 unspecified atom stereocenters. The lowest BCUT2D eigenvalue weighted by Crippen LogP contribution is -2.38. The molecule has 1 aromatic heterocycles. The topological polar surface area (TPSA) is 39.9 Å². The van der Waals surface area contributed by atoms with Gasteiger partial charge in [0.25, 0.3) is 0 Å². The van der Waals surface area contributed by atoms with E-state index in [4.69, 9.17) is 5.26 Å². The number of rotatable bonds is 1. The van der Waals surface area contributed by atoms with Crippen LogP contribution in [0.25, 0.3) is 0 Å². The van der Waals surface area contributed by atoms with Crippen molar-refractivity contribution in [3.05, 3.63) is 17.8 Å². The second-order valence-electron chi connectivity index (χ2n) is 3.02. The first-order chi connectivity index (χ1) is 6.31. The van der Waals surface area contributed by atoms with E-state index in [0.717, 1.165) is 23.8 Å². The summed E-state index contributed by atoms with van der Waals surface area (Å²) in [6.45, 7) is 2.02. The number of pyridine rings is 1. The first-order valence-corrected chi connectivity index (χ1v) is 4.60. The molecule has 0 amide bonds. The van der Waals surface area contributed by atoms with Crippen LogP contribution in [-0.4, -0.2) is 18.1 Å². The van der Waals surface area contributed by atoms with Crippen molar-refractivity contribution in [1.29, 1.82) is 5.26 Å². The Hall–Kier alpha value is -1.21. The molecule has 13 heavy (non-hydrogen) atoms. The van der Waals surface area contributed by atoms with Gasteiger partial charge in [0.15, 0.2) is 0 Å². The molecule has 0 saturated carbocycles. The molecule has 1 saturated heterocycles. The summed E-state index contributed by atoms with van der Waals surface area (Å²) in [5, 5.41) is 8.86. The van der Waals surface area contributed by atoms with E-state index in [-0.39, 0.29) is 0 Å². The highest BCUT2D eigenvalue weighted by Crippen LogP contribution is 2.23. The maximum absolute atomic E-state index is 8.86. The normalized spacial score (nSPS) is 14.9. The number of hydrogen-bond acceptors (Lipinski definition) is 4. The Morgan fingerprint density at radius 1 is 1.54 bits per heavy atom. The third-order valence-corrected chi connectivity index (χ3v) is 2.37. The van der Waals surface area contributed by atoms with Gasteiger partial charge in [0.05, 0.1) is 5.56 Å². The smallest absolute Gasteiger partial charge is 0.146 e. The Kier molecular flexibility index (Phi) is 2.11. The zero-order valence-corrected chi connectivity index (χ0v) is 7.96. The highest BCUT2D eigenvalue weighted by molar-refractivity contribution is 7.80. The predicted molar refractivity (Wildman–Crippen MR) is 53.0 cm³/mol. The molecule has 0 spiro atoms. The third-order valence-electron chi connectivity index (χ3n) is 2.13. The summed E-state index contributed by atoms with van der Waals surface area (Å²) in [6.07, 6.45) is 2.87. The number of nitrogens with zero attached hydrogens (tertiary/aromatic N) is 3. The van der Waals surface area contributed by atoms with Gasteiger partial charge in [0.1, 0.15) is 11.9 Å². The number of thiol groups is 1. The maximum atomic E-state index is 8.86. The van der Waals surface area contributed by atoms with Gasteiger partial charge < -0.3 is 4.90 Å². The quantitative estimate of drug-likeness (QED) is 0.683. The van der Waals surface area contributed by atoms with Crippen LogP contribution < -0.4 is 4.90 Å². The van der Waals surface area contributed by atoms with E-state index in [1.165, 1.54) is 6.42 Å². The number of aromatic nitrogens is 1. The van der Waals surface area contributed by atoms with Gasteiger partial charge in [-0.05, 0) is 12.5 Å². The van der Waals surface area contributed by atoms with Gasteiger partial charge >= 0.3 is 0 Å². The van der Waals surface area contributed by atoms with Gasteiger partial charge in [-0.15, -0.1) is 12.6 Å². The lowest BCUT2D eigenvalue weighted by atomic mass is 10.2. The van der Waals surface area contributed by atoms with Crippen LogP contribution in [-0.2, 0) is 0 Å². The molecule has 0 atom stereocenters. The minimum Gasteiger partial charge on any atom is -0.355 e. The summed E-state index contributed by atoms with van der Waals surface area (Å²) in [5.74, 6) is 0.798. The Morgan fingerprint density at radius 2 is 2.31 bits per heavy atom. The standard InChI is InChI=1S/C9H9N3S/c10-5-7-4-8(13)6-11-9(7)12-2-1-3-12/h4,6,13H,1-3H2. The van der Waals surface area contributed by atoms with Gasteiger partial charge in [0, 0.05) is 24.2 Å². The minimum absolute atomic E-state index is 0.618. The number of hydrogen-bond donors (Lipinski definition) is 1. The molecule has 0 aliphatic carbocycles. The largest absolute Gasteiger partial charge is 0.355 e. The van der Waals surface area contributed by atoms with Crippen molar-refractivity contribution in [2.75, 3.05) is 18.0 Å². The van der Waals surface area contributed by atoms with Crippen molar-refractivity contribution < 1.29 is 0 Å². The molecule has 3 nitrogen and oxygen atoms in total. The number of nitriles is 1. The molecule has 0 aromatic carbocycles. The zero-order valence-electron chi connectivity index (χ0n) is 7.06. The van der Waals surface area contributed by atoms with Crippen LogP contribution in [0.2, 0.25) is 0 Å². The van der Waals surface area contributed by atoms with Crippen molar-refractivity contribution >= 4 is 18.4 Å². The Balaban J connectivity index is 2.39. The van der Waals surface area contributed by atoms with Crippen LogP contribution in [0.5, 0.6) is 0 Å². The van der Waals surface area contributed by atoms with E-state index >= 15 is 0 Å². The Morgan fingerprint density at radius 3 is 2.85 bits per heavy atom. The van der Waals surface area contributed by atoms with E-state index in [0.29, 0.717) is 5.56 Å². The lowest BCUT2D eigenvalue weighted by Gasteiger charge is -2.32. The summed E-state index contributed by atoms with van der Waals surface area (Å²) < 4.78 is 0. The van der Waals surface area contributed by atoms with E-state index in [2.05, 4.69) is 28.6 Å². The molecule has 1 aliphatic heterocycles. The van der Waals surface area contributed by atoms with Gasteiger partial charge in [-0.1, -0.05) is 0 Å². The van der Waals surface area contributed by atoms with Gasteiger partial charge in [-0.2, -0.15) is 5.26 Å². The van der Waals surface area contributed by atoms with E-state index in [9.17, 15) is 0 Å². The molecule has 1 aromatic rings. The fourth-order valence-electron chi connectivity index (χ4n) is 1.31. The molecule has 2 rings (SSSR count). The molecule has 0 bridgehead atoms. The van der Waals surface area contributed by atoms with Crippen molar-refractivity contribution in [1.82, 2.24) is 4.98 Å². The third kappa shape index (κ3) is 1.47. The minimum atomic E-state index is 0.618. The van der Waals surface area contributed by atoms with Crippen molar-refractivity contribution in [3.8, 4) is 6.07 Å². The Labute approximate surface area is 82.4 Å². The summed E-state index contributed by atoms with van der Waals surface area (Å²) in [7, 11) is 0. The lowest BCUT2D eigenvalue weighted by molar-refractivity contribution is 0.608. The molecular formula is C9H9N3S. The molecule has 2 heterocycles. The van der Waals surface area contributed by atoms with E-state index in [1.807, 2.05) is 0 Å². The van der Waals surface area contributed by atoms with Crippen molar-refractivity contribution in [2.45, 2.75) is 11.3 Å². The second kappa shape index (κ2) is 3.27. The highest BCUT2D eigenvalue weighted by Gasteiger charge is 2.18. The molecule has 0 radical (unpaired) electrons. The molecule has 0 N–H and O–H groups in total. The van der Waals surface area contributed by atoms with E-state index < -0.39 is 0 Å². The second-order valence-corrected chi connectivity index (χ2v) is 3.53.